The molecule has 2 heterocycles. The van der Waals surface area contributed by atoms with Gasteiger partial charge >= 0.3 is 0 Å². The summed E-state index contributed by atoms with van der Waals surface area (Å²) in [7, 11) is 1.24. The minimum Gasteiger partial charge on any atom is -0.394 e. The molecule has 2 saturated heterocycles. The summed E-state index contributed by atoms with van der Waals surface area (Å²) in [5.41, 5.74) is -0.291. The molecule has 0 aliphatic carbocycles. The zero-order valence-corrected chi connectivity index (χ0v) is 13.3. The van der Waals surface area contributed by atoms with Gasteiger partial charge in [0.1, 0.15) is 48.4 Å². The Kier molecular flexibility index (Phi) is 7.04. The van der Waals surface area contributed by atoms with Crippen molar-refractivity contribution in [1.82, 2.24) is 0 Å². The molecule has 0 spiro atoms. The van der Waals surface area contributed by atoms with Crippen LogP contribution in [-0.2, 0) is 19.0 Å². The van der Waals surface area contributed by atoms with Crippen molar-refractivity contribution < 1.29 is 54.8 Å². The molecule has 0 radical (unpaired) electrons. The number of hydrogen-bond donors (Lipinski definition) is 7. The first-order chi connectivity index (χ1) is 11.8. The minimum absolute atomic E-state index is 0.291. The number of rotatable bonds is 5. The van der Waals surface area contributed by atoms with Crippen LogP contribution in [0.3, 0.4) is 0 Å². The topological polar surface area (TPSA) is 191 Å². The molecule has 0 amide bonds. The van der Waals surface area contributed by atoms with Crippen LogP contribution < -0.4 is 0 Å². The van der Waals surface area contributed by atoms with E-state index < -0.39 is 68.5 Å². The maximum Gasteiger partial charge on any atom is 0.256 e. The summed E-state index contributed by atoms with van der Waals surface area (Å²) < 4.78 is 15.1. The van der Waals surface area contributed by atoms with Gasteiger partial charge in [-0.1, -0.05) is 5.16 Å². The van der Waals surface area contributed by atoms with Crippen molar-refractivity contribution >= 4 is 5.71 Å². The average molecular weight is 369 g/mol. The normalized spacial score (nSPS) is 47.0. The Morgan fingerprint density at radius 2 is 1.56 bits per heavy atom. The predicted octanol–water partition coefficient (Wildman–Crippen LogP) is -4.76. The molecule has 12 nitrogen and oxygen atoms in total. The summed E-state index contributed by atoms with van der Waals surface area (Å²) in [5, 5.41) is 71.1. The highest BCUT2D eigenvalue weighted by Crippen LogP contribution is 2.24. The Balaban J connectivity index is 2.13. The molecule has 0 bridgehead atoms. The first-order valence-electron chi connectivity index (χ1n) is 7.55. The van der Waals surface area contributed by atoms with Crippen molar-refractivity contribution in [2.75, 3.05) is 20.3 Å². The Hall–Kier alpha value is -0.930. The van der Waals surface area contributed by atoms with Gasteiger partial charge in [0.25, 0.3) is 6.29 Å². The van der Waals surface area contributed by atoms with E-state index in [0.717, 1.165) is 0 Å². The van der Waals surface area contributed by atoms with E-state index in [4.69, 9.17) is 24.2 Å². The van der Waals surface area contributed by atoms with Crippen LogP contribution in [-0.4, -0.2) is 117 Å². The van der Waals surface area contributed by atoms with Gasteiger partial charge in [0.15, 0.2) is 6.29 Å². The van der Waals surface area contributed by atoms with Gasteiger partial charge in [-0.25, -0.2) is 0 Å². The zero-order valence-electron chi connectivity index (χ0n) is 13.3. The largest absolute Gasteiger partial charge is 0.394 e. The quantitative estimate of drug-likeness (QED) is 0.230. The number of aliphatic hydroxyl groups is 7. The van der Waals surface area contributed by atoms with Crippen molar-refractivity contribution in [3.63, 3.8) is 0 Å². The molecule has 12 heteroatoms. The Morgan fingerprint density at radius 3 is 2.12 bits per heavy atom. The van der Waals surface area contributed by atoms with E-state index in [1.807, 2.05) is 0 Å². The van der Waals surface area contributed by atoms with E-state index in [2.05, 4.69) is 5.16 Å². The van der Waals surface area contributed by atoms with Gasteiger partial charge in [0, 0.05) is 7.11 Å². The van der Waals surface area contributed by atoms with Crippen molar-refractivity contribution in [2.24, 2.45) is 5.16 Å². The predicted molar refractivity (Wildman–Crippen MR) is 77.1 cm³/mol. The minimum atomic E-state index is -1.70. The lowest BCUT2D eigenvalue weighted by Gasteiger charge is -2.39. The maximum absolute atomic E-state index is 10.1. The van der Waals surface area contributed by atoms with Crippen LogP contribution in [0.5, 0.6) is 0 Å². The molecule has 0 aromatic heterocycles. The highest BCUT2D eigenvalue weighted by molar-refractivity contribution is 5.93. The standard InChI is InChI=1S/C13H23NO11/c1-22-12-10(20)8(18)6(4(2-15)23-12)14-25-13-11(21)9(19)7(17)5(3-16)24-13/h4-5,7-13,15-21H,2-3H2,1H3/b14-6+/t4-,5-,7+,8+,9+,10-,11-,12+,13+/m1/s1. The Labute approximate surface area is 142 Å². The SMILES string of the molecule is CO[C@H]1O[C@H](CO)/C(=N\O[C@@H]2O[C@H](CO)[C@H](O)[C@H](O)[C@H]2O)[C@H](O)[C@H]1O. The van der Waals surface area contributed by atoms with Crippen LogP contribution in [0.1, 0.15) is 0 Å². The summed E-state index contributed by atoms with van der Waals surface area (Å²) >= 11 is 0. The first-order valence-corrected chi connectivity index (χ1v) is 7.55. The molecule has 0 saturated carbocycles. The van der Waals surface area contributed by atoms with Gasteiger partial charge in [-0.2, -0.15) is 0 Å². The van der Waals surface area contributed by atoms with Crippen molar-refractivity contribution in [1.29, 1.82) is 0 Å². The van der Waals surface area contributed by atoms with Gasteiger partial charge in [0.05, 0.1) is 13.2 Å². The van der Waals surface area contributed by atoms with Crippen LogP contribution in [0.2, 0.25) is 0 Å². The van der Waals surface area contributed by atoms with E-state index in [9.17, 15) is 30.6 Å². The molecule has 146 valence electrons. The highest BCUT2D eigenvalue weighted by Gasteiger charge is 2.46. The number of oxime groups is 1. The van der Waals surface area contributed by atoms with Gasteiger partial charge in [-0.15, -0.1) is 0 Å². The molecule has 2 fully saturated rings. The molecular weight excluding hydrogens is 346 g/mol. The fraction of sp³-hybridized carbons (Fsp3) is 0.923. The molecule has 9 atom stereocenters. The molecule has 0 aromatic carbocycles. The molecule has 0 unspecified atom stereocenters. The zero-order chi connectivity index (χ0) is 18.7. The molecule has 0 aromatic rings. The van der Waals surface area contributed by atoms with E-state index in [-0.39, 0.29) is 5.71 Å². The second-order valence-electron chi connectivity index (χ2n) is 5.67. The second kappa shape index (κ2) is 8.64. The average Bonchev–Trinajstić information content (AvgIpc) is 2.62. The molecule has 7 N–H and O–H groups in total. The summed E-state index contributed by atoms with van der Waals surface area (Å²) in [6.45, 7) is -1.26. The fourth-order valence-electron chi connectivity index (χ4n) is 2.54. The van der Waals surface area contributed by atoms with Crippen molar-refractivity contribution in [2.45, 2.75) is 55.3 Å². The fourth-order valence-corrected chi connectivity index (χ4v) is 2.54. The van der Waals surface area contributed by atoms with Gasteiger partial charge < -0.3 is 54.8 Å². The molecule has 25 heavy (non-hydrogen) atoms. The molecule has 2 aliphatic heterocycles. The van der Waals surface area contributed by atoms with Gasteiger partial charge in [-0.3, -0.25) is 0 Å². The summed E-state index contributed by atoms with van der Waals surface area (Å²) in [5.74, 6) is 0. The Morgan fingerprint density at radius 1 is 0.880 bits per heavy atom. The lowest BCUT2D eigenvalue weighted by atomic mass is 9.99. The van der Waals surface area contributed by atoms with Crippen LogP contribution in [0.4, 0.5) is 0 Å². The molecule has 2 rings (SSSR count). The second-order valence-corrected chi connectivity index (χ2v) is 5.67. The van der Waals surface area contributed by atoms with Crippen molar-refractivity contribution in [3.05, 3.63) is 0 Å². The third kappa shape index (κ3) is 4.09. The number of aliphatic hydroxyl groups excluding tert-OH is 7. The number of nitrogens with zero attached hydrogens (tertiary/aromatic N) is 1. The summed E-state index contributed by atoms with van der Waals surface area (Å²) in [6, 6.07) is 0. The number of hydrogen-bond acceptors (Lipinski definition) is 12. The van der Waals surface area contributed by atoms with E-state index in [1.54, 1.807) is 0 Å². The van der Waals surface area contributed by atoms with E-state index >= 15 is 0 Å². The van der Waals surface area contributed by atoms with Gasteiger partial charge in [-0.05, 0) is 0 Å². The van der Waals surface area contributed by atoms with Crippen LogP contribution in [0.25, 0.3) is 0 Å². The lowest BCUT2D eigenvalue weighted by molar-refractivity contribution is -0.302. The third-order valence-corrected chi connectivity index (χ3v) is 4.04. The third-order valence-electron chi connectivity index (χ3n) is 4.04. The van der Waals surface area contributed by atoms with E-state index in [0.29, 0.717) is 0 Å². The smallest absolute Gasteiger partial charge is 0.256 e. The Bertz CT molecular complexity index is 457. The van der Waals surface area contributed by atoms with Crippen LogP contribution in [0, 0.1) is 0 Å². The highest BCUT2D eigenvalue weighted by atomic mass is 16.8. The summed E-state index contributed by atoms with van der Waals surface area (Å²) in [6.07, 6.45) is -13.2. The summed E-state index contributed by atoms with van der Waals surface area (Å²) in [4.78, 5) is 4.94. The van der Waals surface area contributed by atoms with Gasteiger partial charge in [0.2, 0.25) is 0 Å². The molecular formula is C13H23NO11. The number of methoxy groups -OCH3 is 1. The van der Waals surface area contributed by atoms with E-state index in [1.165, 1.54) is 7.11 Å². The van der Waals surface area contributed by atoms with Crippen LogP contribution >= 0.6 is 0 Å². The maximum atomic E-state index is 10.1. The number of ether oxygens (including phenoxy) is 3. The van der Waals surface area contributed by atoms with Crippen LogP contribution in [0.15, 0.2) is 5.16 Å². The van der Waals surface area contributed by atoms with Crippen molar-refractivity contribution in [3.8, 4) is 0 Å². The lowest BCUT2D eigenvalue weighted by Crippen LogP contribution is -2.59. The molecule has 2 aliphatic rings. The monoisotopic (exact) mass is 369 g/mol. The first kappa shape index (κ1) is 20.4.